The van der Waals surface area contributed by atoms with Crippen LogP contribution >= 0.6 is 0 Å². The molecule has 4 nitrogen and oxygen atoms in total. The van der Waals surface area contributed by atoms with E-state index in [0.717, 1.165) is 32.7 Å². The number of morpholine rings is 1. The molecule has 0 aliphatic carbocycles. The van der Waals surface area contributed by atoms with Crippen molar-refractivity contribution in [2.24, 2.45) is 0 Å². The monoisotopic (exact) mass is 316 g/mol. The molecule has 1 aromatic carbocycles. The third-order valence-corrected chi connectivity index (χ3v) is 4.99. The van der Waals surface area contributed by atoms with Gasteiger partial charge in [0, 0.05) is 26.6 Å². The van der Waals surface area contributed by atoms with Crippen molar-refractivity contribution < 1.29 is 9.53 Å². The molecule has 2 aliphatic heterocycles. The van der Waals surface area contributed by atoms with Gasteiger partial charge < -0.3 is 15.0 Å². The van der Waals surface area contributed by atoms with Gasteiger partial charge in [-0.2, -0.15) is 0 Å². The van der Waals surface area contributed by atoms with Gasteiger partial charge in [-0.1, -0.05) is 32.9 Å². The predicted molar refractivity (Wildman–Crippen MR) is 91.5 cm³/mol. The van der Waals surface area contributed by atoms with E-state index in [0.29, 0.717) is 6.61 Å². The van der Waals surface area contributed by atoms with Crippen LogP contribution in [0.25, 0.3) is 0 Å². The minimum atomic E-state index is 0.122. The van der Waals surface area contributed by atoms with Gasteiger partial charge >= 0.3 is 0 Å². The number of hydrogen-bond donors (Lipinski definition) is 1. The topological polar surface area (TPSA) is 41.6 Å². The van der Waals surface area contributed by atoms with Gasteiger partial charge in [-0.05, 0) is 34.1 Å². The maximum absolute atomic E-state index is 11.8. The Morgan fingerprint density at radius 1 is 1.35 bits per heavy atom. The van der Waals surface area contributed by atoms with E-state index in [1.807, 2.05) is 4.90 Å². The average molecular weight is 316 g/mol. The Labute approximate surface area is 139 Å². The number of nitrogens with zero attached hydrogens (tertiary/aromatic N) is 1. The van der Waals surface area contributed by atoms with Crippen molar-refractivity contribution in [1.82, 2.24) is 10.2 Å². The molecule has 0 radical (unpaired) electrons. The van der Waals surface area contributed by atoms with Crippen LogP contribution in [0.2, 0.25) is 0 Å². The third-order valence-electron chi connectivity index (χ3n) is 4.99. The minimum Gasteiger partial charge on any atom is -0.378 e. The predicted octanol–water partition coefficient (Wildman–Crippen LogP) is 2.55. The number of rotatable bonds is 1. The quantitative estimate of drug-likeness (QED) is 0.866. The minimum absolute atomic E-state index is 0.122. The number of fused-ring (bicyclic) bond motifs is 1. The third kappa shape index (κ3) is 3.43. The zero-order chi connectivity index (χ0) is 16.6. The number of benzene rings is 1. The van der Waals surface area contributed by atoms with E-state index in [-0.39, 0.29) is 17.4 Å². The lowest BCUT2D eigenvalue weighted by Crippen LogP contribution is -2.39. The first kappa shape index (κ1) is 16.5. The van der Waals surface area contributed by atoms with Gasteiger partial charge in [-0.25, -0.2) is 0 Å². The van der Waals surface area contributed by atoms with Crippen molar-refractivity contribution in [2.75, 3.05) is 26.3 Å². The molecule has 1 saturated heterocycles. The normalized spacial score (nSPS) is 21.9. The van der Waals surface area contributed by atoms with Crippen molar-refractivity contribution in [3.8, 4) is 0 Å². The molecule has 1 fully saturated rings. The summed E-state index contributed by atoms with van der Waals surface area (Å²) in [5.41, 5.74) is 5.53. The highest BCUT2D eigenvalue weighted by atomic mass is 16.5. The number of ether oxygens (including phenoxy) is 1. The van der Waals surface area contributed by atoms with Crippen LogP contribution < -0.4 is 5.32 Å². The smallest absolute Gasteiger partial charge is 0.219 e. The highest BCUT2D eigenvalue weighted by Gasteiger charge is 2.28. The molecule has 0 saturated carbocycles. The van der Waals surface area contributed by atoms with Crippen LogP contribution in [0.1, 0.15) is 56.0 Å². The number of hydrogen-bond acceptors (Lipinski definition) is 3. The summed E-state index contributed by atoms with van der Waals surface area (Å²) in [6.07, 6.45) is 0.944. The van der Waals surface area contributed by atoms with Crippen molar-refractivity contribution in [1.29, 1.82) is 0 Å². The van der Waals surface area contributed by atoms with E-state index in [2.05, 4.69) is 38.2 Å². The van der Waals surface area contributed by atoms with E-state index in [1.54, 1.807) is 6.92 Å². The van der Waals surface area contributed by atoms with Crippen LogP contribution in [-0.4, -0.2) is 37.1 Å². The molecule has 0 aromatic heterocycles. The first-order valence-electron chi connectivity index (χ1n) is 8.59. The van der Waals surface area contributed by atoms with Gasteiger partial charge in [0.25, 0.3) is 0 Å². The summed E-state index contributed by atoms with van der Waals surface area (Å²) in [6, 6.07) is 4.90. The maximum Gasteiger partial charge on any atom is 0.219 e. The zero-order valence-electron chi connectivity index (χ0n) is 14.7. The first-order chi connectivity index (χ1) is 10.9. The Bertz CT molecular complexity index is 598. The lowest BCUT2D eigenvalue weighted by Gasteiger charge is -2.35. The van der Waals surface area contributed by atoms with Crippen LogP contribution in [0.4, 0.5) is 0 Å². The molecule has 2 heterocycles. The second-order valence-electron chi connectivity index (χ2n) is 7.73. The van der Waals surface area contributed by atoms with Gasteiger partial charge in [0.2, 0.25) is 5.91 Å². The summed E-state index contributed by atoms with van der Waals surface area (Å²) in [7, 11) is 0. The fourth-order valence-corrected chi connectivity index (χ4v) is 3.48. The Morgan fingerprint density at radius 2 is 2.13 bits per heavy atom. The summed E-state index contributed by atoms with van der Waals surface area (Å²) in [5.74, 6) is 0.161. The molecule has 1 amide bonds. The van der Waals surface area contributed by atoms with Crippen molar-refractivity contribution in [3.63, 3.8) is 0 Å². The number of amides is 1. The second-order valence-corrected chi connectivity index (χ2v) is 7.73. The molecule has 23 heavy (non-hydrogen) atoms. The SMILES string of the molecule is CC(=O)N1CCc2cc(C(C)(C)C)cc([C@@H]3COCCN3)c2C1. The molecule has 1 N–H and O–H groups in total. The van der Waals surface area contributed by atoms with Crippen LogP contribution in [0.3, 0.4) is 0 Å². The molecule has 0 spiro atoms. The molecular weight excluding hydrogens is 288 g/mol. The zero-order valence-corrected chi connectivity index (χ0v) is 14.7. The average Bonchev–Trinajstić information content (AvgIpc) is 2.53. The fourth-order valence-electron chi connectivity index (χ4n) is 3.48. The molecule has 0 unspecified atom stereocenters. The summed E-state index contributed by atoms with van der Waals surface area (Å²) in [6.45, 7) is 12.4. The van der Waals surface area contributed by atoms with E-state index < -0.39 is 0 Å². The van der Waals surface area contributed by atoms with Gasteiger partial charge in [0.15, 0.2) is 0 Å². The van der Waals surface area contributed by atoms with Crippen molar-refractivity contribution in [3.05, 3.63) is 34.4 Å². The Morgan fingerprint density at radius 3 is 2.74 bits per heavy atom. The summed E-state index contributed by atoms with van der Waals surface area (Å²) >= 11 is 0. The van der Waals surface area contributed by atoms with Crippen LogP contribution in [0.5, 0.6) is 0 Å². The van der Waals surface area contributed by atoms with Gasteiger partial charge in [0.1, 0.15) is 0 Å². The van der Waals surface area contributed by atoms with E-state index >= 15 is 0 Å². The van der Waals surface area contributed by atoms with E-state index in [9.17, 15) is 4.79 Å². The second kappa shape index (κ2) is 6.25. The molecule has 0 bridgehead atoms. The molecule has 1 aromatic rings. The lowest BCUT2D eigenvalue weighted by atomic mass is 9.80. The number of carbonyl (C=O) groups excluding carboxylic acids is 1. The largest absolute Gasteiger partial charge is 0.378 e. The van der Waals surface area contributed by atoms with Gasteiger partial charge in [0.05, 0.1) is 19.3 Å². The molecule has 1 atom stereocenters. The Kier molecular flexibility index (Phi) is 4.47. The van der Waals surface area contributed by atoms with Crippen molar-refractivity contribution >= 4 is 5.91 Å². The fraction of sp³-hybridized carbons (Fsp3) is 0.632. The highest BCUT2D eigenvalue weighted by Crippen LogP contribution is 2.34. The molecule has 4 heteroatoms. The summed E-state index contributed by atoms with van der Waals surface area (Å²) in [4.78, 5) is 13.8. The van der Waals surface area contributed by atoms with Crippen LogP contribution in [-0.2, 0) is 27.9 Å². The van der Waals surface area contributed by atoms with Crippen LogP contribution in [0, 0.1) is 0 Å². The highest BCUT2D eigenvalue weighted by molar-refractivity contribution is 5.73. The van der Waals surface area contributed by atoms with E-state index in [1.165, 1.54) is 22.3 Å². The number of nitrogens with one attached hydrogen (secondary N) is 1. The van der Waals surface area contributed by atoms with Crippen LogP contribution in [0.15, 0.2) is 12.1 Å². The Balaban J connectivity index is 2.05. The molecule has 2 aliphatic rings. The van der Waals surface area contributed by atoms with E-state index in [4.69, 9.17) is 4.74 Å². The van der Waals surface area contributed by atoms with Gasteiger partial charge in [-0.3, -0.25) is 4.79 Å². The first-order valence-corrected chi connectivity index (χ1v) is 8.59. The molecule has 126 valence electrons. The van der Waals surface area contributed by atoms with Crippen molar-refractivity contribution in [2.45, 2.75) is 52.1 Å². The van der Waals surface area contributed by atoms with Gasteiger partial charge in [-0.15, -0.1) is 0 Å². The maximum atomic E-state index is 11.8. The molecular formula is C19H28N2O2. The summed E-state index contributed by atoms with van der Waals surface area (Å²) < 4.78 is 5.68. The lowest BCUT2D eigenvalue weighted by molar-refractivity contribution is -0.129. The Hall–Kier alpha value is -1.39. The molecule has 3 rings (SSSR count). The summed E-state index contributed by atoms with van der Waals surface area (Å²) in [5, 5.41) is 3.58. The number of carbonyl (C=O) groups is 1. The standard InChI is InChI=1S/C19H28N2O2/c1-13(22)21-7-5-14-9-15(19(2,3)4)10-16(17(14)11-21)18-12-23-8-6-20-18/h9-10,18,20H,5-8,11-12H2,1-4H3/t18-/m0/s1.